The second-order valence-electron chi connectivity index (χ2n) is 2.47. The highest BCUT2D eigenvalue weighted by Crippen LogP contribution is 2.29. The third-order valence-corrected chi connectivity index (χ3v) is 2.13. The molecule has 1 amide bonds. The van der Waals surface area contributed by atoms with Crippen molar-refractivity contribution in [1.29, 1.82) is 0 Å². The minimum Gasteiger partial charge on any atom is -0.465 e. The van der Waals surface area contributed by atoms with Gasteiger partial charge in [0.2, 0.25) is 5.82 Å². The fourth-order valence-electron chi connectivity index (χ4n) is 0.887. The Labute approximate surface area is 91.0 Å². The van der Waals surface area contributed by atoms with Gasteiger partial charge in [-0.2, -0.15) is 4.39 Å². The van der Waals surface area contributed by atoms with Crippen molar-refractivity contribution in [2.45, 2.75) is 0 Å². The summed E-state index contributed by atoms with van der Waals surface area (Å²) in [5, 5.41) is 20.6. The molecule has 6 nitrogen and oxygen atoms in total. The van der Waals surface area contributed by atoms with Crippen LogP contribution in [-0.2, 0) is 0 Å². The molecule has 0 aliphatic heterocycles. The molecule has 1 aromatic carbocycles. The second-order valence-corrected chi connectivity index (χ2v) is 3.33. The second kappa shape index (κ2) is 4.22. The summed E-state index contributed by atoms with van der Waals surface area (Å²) in [6.07, 6.45) is -1.39. The van der Waals surface area contributed by atoms with E-state index in [1.54, 1.807) is 0 Å². The van der Waals surface area contributed by atoms with E-state index in [4.69, 9.17) is 5.11 Å². The summed E-state index contributed by atoms with van der Waals surface area (Å²) in [5.74, 6) is -1.10. The largest absolute Gasteiger partial charge is 0.465 e. The zero-order chi connectivity index (χ0) is 11.6. The Kier molecular flexibility index (Phi) is 3.20. The van der Waals surface area contributed by atoms with Crippen molar-refractivity contribution in [2.24, 2.45) is 0 Å². The zero-order valence-electron chi connectivity index (χ0n) is 7.03. The highest BCUT2D eigenvalue weighted by molar-refractivity contribution is 9.10. The van der Waals surface area contributed by atoms with Crippen molar-refractivity contribution in [3.05, 3.63) is 32.5 Å². The molecule has 0 saturated heterocycles. The van der Waals surface area contributed by atoms with Gasteiger partial charge in [-0.3, -0.25) is 15.4 Å². The minimum absolute atomic E-state index is 0.0920. The Balaban J connectivity index is 3.19. The summed E-state index contributed by atoms with van der Waals surface area (Å²) in [4.78, 5) is 19.7. The van der Waals surface area contributed by atoms with E-state index in [1.807, 2.05) is 5.32 Å². The maximum absolute atomic E-state index is 13.0. The van der Waals surface area contributed by atoms with Crippen LogP contribution in [0.1, 0.15) is 0 Å². The van der Waals surface area contributed by atoms with Crippen LogP contribution in [0.25, 0.3) is 0 Å². The number of nitro groups is 1. The van der Waals surface area contributed by atoms with Gasteiger partial charge in [-0.05, 0) is 15.9 Å². The molecule has 0 bridgehead atoms. The Bertz CT molecular complexity index is 437. The molecule has 0 saturated carbocycles. The summed E-state index contributed by atoms with van der Waals surface area (Å²) in [7, 11) is 0. The molecule has 0 aromatic heterocycles. The van der Waals surface area contributed by atoms with E-state index in [2.05, 4.69) is 15.9 Å². The van der Waals surface area contributed by atoms with Crippen molar-refractivity contribution >= 4 is 33.4 Å². The molecule has 0 aliphatic rings. The molecule has 2 N–H and O–H groups in total. The predicted molar refractivity (Wildman–Crippen MR) is 52.4 cm³/mol. The molecule has 8 heteroatoms. The maximum atomic E-state index is 13.0. The van der Waals surface area contributed by atoms with Gasteiger partial charge in [0.05, 0.1) is 10.6 Å². The van der Waals surface area contributed by atoms with E-state index in [0.29, 0.717) is 0 Å². The summed E-state index contributed by atoms with van der Waals surface area (Å²) in [6.45, 7) is 0. The average Bonchev–Trinajstić information content (AvgIpc) is 2.09. The lowest BCUT2D eigenvalue weighted by molar-refractivity contribution is -0.387. The number of hydrogen-bond donors (Lipinski definition) is 2. The van der Waals surface area contributed by atoms with Gasteiger partial charge in [-0.1, -0.05) is 0 Å². The van der Waals surface area contributed by atoms with Gasteiger partial charge in [0, 0.05) is 16.6 Å². The first-order chi connectivity index (χ1) is 6.91. The number of rotatable bonds is 2. The third-order valence-electron chi connectivity index (χ3n) is 1.47. The number of anilines is 1. The van der Waals surface area contributed by atoms with Crippen LogP contribution < -0.4 is 5.32 Å². The first-order valence-corrected chi connectivity index (χ1v) is 4.34. The number of carboxylic acid groups (broad SMARTS) is 1. The van der Waals surface area contributed by atoms with Crippen LogP contribution in [-0.4, -0.2) is 16.1 Å². The van der Waals surface area contributed by atoms with Crippen molar-refractivity contribution in [2.75, 3.05) is 5.32 Å². The van der Waals surface area contributed by atoms with Crippen LogP contribution in [0.3, 0.4) is 0 Å². The van der Waals surface area contributed by atoms with E-state index < -0.39 is 22.5 Å². The van der Waals surface area contributed by atoms with Gasteiger partial charge in [-0.25, -0.2) is 4.79 Å². The Morgan fingerprint density at radius 2 is 2.20 bits per heavy atom. The first-order valence-electron chi connectivity index (χ1n) is 3.55. The van der Waals surface area contributed by atoms with Crippen LogP contribution in [0.2, 0.25) is 0 Å². The maximum Gasteiger partial charge on any atom is 0.409 e. The lowest BCUT2D eigenvalue weighted by atomic mass is 10.2. The van der Waals surface area contributed by atoms with Crippen molar-refractivity contribution < 1.29 is 19.2 Å². The van der Waals surface area contributed by atoms with Gasteiger partial charge in [-0.15, -0.1) is 0 Å². The van der Waals surface area contributed by atoms with Gasteiger partial charge in [0.25, 0.3) is 0 Å². The monoisotopic (exact) mass is 278 g/mol. The Morgan fingerprint density at radius 3 is 2.67 bits per heavy atom. The number of nitrogens with one attached hydrogen (secondary N) is 1. The summed E-state index contributed by atoms with van der Waals surface area (Å²) >= 11 is 2.88. The van der Waals surface area contributed by atoms with E-state index in [9.17, 15) is 19.3 Å². The van der Waals surface area contributed by atoms with Gasteiger partial charge >= 0.3 is 11.8 Å². The van der Waals surface area contributed by atoms with Gasteiger partial charge < -0.3 is 5.11 Å². The smallest absolute Gasteiger partial charge is 0.409 e. The summed E-state index contributed by atoms with van der Waals surface area (Å²) in [5.41, 5.74) is -0.816. The molecule has 0 fully saturated rings. The number of nitro benzene ring substituents is 1. The predicted octanol–water partition coefficient (Wildman–Crippen LogP) is 2.59. The van der Waals surface area contributed by atoms with Crippen molar-refractivity contribution in [3.63, 3.8) is 0 Å². The molecule has 80 valence electrons. The molecule has 0 aliphatic carbocycles. The molecule has 0 unspecified atom stereocenters. The zero-order valence-corrected chi connectivity index (χ0v) is 8.62. The van der Waals surface area contributed by atoms with Crippen molar-refractivity contribution in [3.8, 4) is 0 Å². The van der Waals surface area contributed by atoms with Crippen LogP contribution in [0.4, 0.5) is 20.6 Å². The minimum atomic E-state index is -1.39. The molecule has 1 aromatic rings. The van der Waals surface area contributed by atoms with Crippen LogP contribution in [0, 0.1) is 15.9 Å². The van der Waals surface area contributed by atoms with E-state index in [-0.39, 0.29) is 10.2 Å². The fourth-order valence-corrected chi connectivity index (χ4v) is 1.32. The Hall–Kier alpha value is -1.70. The topological polar surface area (TPSA) is 92.5 Å². The number of carbonyl (C=O) groups is 1. The molecule has 1 rings (SSSR count). The molecule has 0 radical (unpaired) electrons. The van der Waals surface area contributed by atoms with E-state index in [0.717, 1.165) is 12.1 Å². The Morgan fingerprint density at radius 1 is 1.60 bits per heavy atom. The SMILES string of the molecule is O=C(O)Nc1cc(F)c([N+](=O)[O-])cc1Br. The van der Waals surface area contributed by atoms with E-state index in [1.165, 1.54) is 0 Å². The quantitative estimate of drug-likeness (QED) is 0.642. The van der Waals surface area contributed by atoms with Crippen LogP contribution in [0.15, 0.2) is 16.6 Å². The lowest BCUT2D eigenvalue weighted by Gasteiger charge is -2.03. The lowest BCUT2D eigenvalue weighted by Crippen LogP contribution is -2.08. The first kappa shape index (κ1) is 11.4. The molecular formula is C7H4BrFN2O4. The molecule has 15 heavy (non-hydrogen) atoms. The standard InChI is InChI=1S/C7H4BrFN2O4/c8-3-1-6(11(14)15)4(9)2-5(3)10-7(12)13/h1-2,10H,(H,12,13). The van der Waals surface area contributed by atoms with Crippen LogP contribution >= 0.6 is 15.9 Å². The van der Waals surface area contributed by atoms with Gasteiger partial charge in [0.15, 0.2) is 0 Å². The number of amides is 1. The van der Waals surface area contributed by atoms with Gasteiger partial charge in [0.1, 0.15) is 0 Å². The number of benzene rings is 1. The number of nitrogens with zero attached hydrogens (tertiary/aromatic N) is 1. The summed E-state index contributed by atoms with van der Waals surface area (Å²) in [6, 6.07) is 1.62. The average molecular weight is 279 g/mol. The van der Waals surface area contributed by atoms with Crippen LogP contribution in [0.5, 0.6) is 0 Å². The molecular weight excluding hydrogens is 275 g/mol. The van der Waals surface area contributed by atoms with Crippen molar-refractivity contribution in [1.82, 2.24) is 0 Å². The summed E-state index contributed by atoms with van der Waals surface area (Å²) < 4.78 is 13.1. The highest BCUT2D eigenvalue weighted by atomic mass is 79.9. The number of halogens is 2. The normalized spacial score (nSPS) is 9.73. The molecule has 0 spiro atoms. The molecule has 0 atom stereocenters. The number of hydrogen-bond acceptors (Lipinski definition) is 3. The third kappa shape index (κ3) is 2.62. The highest BCUT2D eigenvalue weighted by Gasteiger charge is 2.17. The molecule has 0 heterocycles. The fraction of sp³-hybridized carbons (Fsp3) is 0. The van der Waals surface area contributed by atoms with E-state index >= 15 is 0 Å².